The molecule has 1 aromatic rings. The van der Waals surface area contributed by atoms with Crippen LogP contribution in [0.5, 0.6) is 0 Å². The van der Waals surface area contributed by atoms with Crippen LogP contribution in [-0.2, 0) is 19.1 Å². The van der Waals surface area contributed by atoms with E-state index in [0.717, 1.165) is 37.8 Å². The number of esters is 1. The number of ketones is 1. The molecule has 2 aliphatic heterocycles. The van der Waals surface area contributed by atoms with E-state index < -0.39 is 5.60 Å². The number of cyclic esters (lactones) is 1. The molecule has 28 heavy (non-hydrogen) atoms. The summed E-state index contributed by atoms with van der Waals surface area (Å²) in [5, 5.41) is 0.610. The molecule has 2 atom stereocenters. The molecule has 0 aromatic carbocycles. The Morgan fingerprint density at radius 1 is 1.11 bits per heavy atom. The maximum absolute atomic E-state index is 11.9. The Morgan fingerprint density at radius 3 is 2.75 bits per heavy atom. The second kappa shape index (κ2) is 10.2. The van der Waals surface area contributed by atoms with Crippen molar-refractivity contribution in [1.82, 2.24) is 4.98 Å². The highest BCUT2D eigenvalue weighted by atomic mass is 35.5. The van der Waals surface area contributed by atoms with Gasteiger partial charge in [0.15, 0.2) is 0 Å². The first-order valence-corrected chi connectivity index (χ1v) is 10.6. The van der Waals surface area contributed by atoms with Crippen LogP contribution in [0.2, 0.25) is 0 Å². The third-order valence-corrected chi connectivity index (χ3v) is 5.86. The van der Waals surface area contributed by atoms with Gasteiger partial charge in [-0.3, -0.25) is 14.6 Å². The second-order valence-electron chi connectivity index (χ2n) is 7.56. The molecule has 2 aliphatic rings. The third kappa shape index (κ3) is 5.89. The predicted octanol–water partition coefficient (Wildman–Crippen LogP) is 4.83. The first kappa shape index (κ1) is 21.0. The molecule has 0 amide bonds. The highest BCUT2D eigenvalue weighted by molar-refractivity contribution is 6.33. The third-order valence-electron chi connectivity index (χ3n) is 5.43. The molecule has 6 heteroatoms. The monoisotopic (exact) mass is 405 g/mol. The van der Waals surface area contributed by atoms with Crippen LogP contribution in [0, 0.1) is 0 Å². The molecule has 1 aromatic heterocycles. The van der Waals surface area contributed by atoms with Gasteiger partial charge in [0.25, 0.3) is 0 Å². The smallest absolute Gasteiger partial charge is 0.305 e. The van der Waals surface area contributed by atoms with Crippen molar-refractivity contribution in [3.63, 3.8) is 0 Å². The molecular formula is C22H28ClNO4. The Bertz CT molecular complexity index is 706. The normalized spacial score (nSPS) is 28.3. The van der Waals surface area contributed by atoms with Gasteiger partial charge in [-0.25, -0.2) is 0 Å². The van der Waals surface area contributed by atoms with Crippen molar-refractivity contribution in [3.8, 4) is 0 Å². The lowest BCUT2D eigenvalue weighted by atomic mass is 9.95. The van der Waals surface area contributed by atoms with Gasteiger partial charge in [-0.15, -0.1) is 0 Å². The molecule has 2 unspecified atom stereocenters. The van der Waals surface area contributed by atoms with Gasteiger partial charge in [0.2, 0.25) is 0 Å². The van der Waals surface area contributed by atoms with Crippen LogP contribution in [0.1, 0.15) is 69.9 Å². The maximum atomic E-state index is 11.9. The van der Waals surface area contributed by atoms with Gasteiger partial charge in [-0.2, -0.15) is 0 Å². The number of fused-ring (bicyclic) bond motifs is 1. The van der Waals surface area contributed by atoms with Crippen LogP contribution >= 0.6 is 11.6 Å². The van der Waals surface area contributed by atoms with E-state index in [1.165, 1.54) is 0 Å². The molecule has 2 fully saturated rings. The van der Waals surface area contributed by atoms with Crippen molar-refractivity contribution in [1.29, 1.82) is 0 Å². The minimum atomic E-state index is -0.577. The van der Waals surface area contributed by atoms with E-state index >= 15 is 0 Å². The van der Waals surface area contributed by atoms with E-state index in [4.69, 9.17) is 21.1 Å². The number of rotatable bonds is 2. The fraction of sp³-hybridized carbons (Fsp3) is 0.591. The molecular weight excluding hydrogens is 378 g/mol. The number of carbonyl (C=O) groups excluding carboxylic acids is 2. The molecule has 0 aliphatic carbocycles. The molecule has 5 nitrogen and oxygen atoms in total. The summed E-state index contributed by atoms with van der Waals surface area (Å²) in [7, 11) is 0. The maximum Gasteiger partial charge on any atom is 0.305 e. The van der Waals surface area contributed by atoms with Gasteiger partial charge in [0.05, 0.1) is 23.4 Å². The zero-order valence-corrected chi connectivity index (χ0v) is 17.0. The number of nitrogens with zero attached hydrogens (tertiary/aromatic N) is 1. The van der Waals surface area contributed by atoms with Crippen LogP contribution in [0.15, 0.2) is 29.4 Å². The minimum Gasteiger partial charge on any atom is -0.466 e. The van der Waals surface area contributed by atoms with Gasteiger partial charge in [-0.05, 0) is 37.5 Å². The molecule has 0 radical (unpaired) electrons. The summed E-state index contributed by atoms with van der Waals surface area (Å²) in [6.45, 7) is 0.259. The zero-order chi connectivity index (χ0) is 19.8. The average molecular weight is 406 g/mol. The highest BCUT2D eigenvalue weighted by Crippen LogP contribution is 2.50. The Morgan fingerprint density at radius 2 is 1.93 bits per heavy atom. The largest absolute Gasteiger partial charge is 0.466 e. The number of ether oxygens (including phenoxy) is 2. The Labute approximate surface area is 171 Å². The predicted molar refractivity (Wildman–Crippen MR) is 108 cm³/mol. The molecule has 0 bridgehead atoms. The highest BCUT2D eigenvalue weighted by Gasteiger charge is 2.57. The molecule has 0 spiro atoms. The molecule has 152 valence electrons. The van der Waals surface area contributed by atoms with Crippen molar-refractivity contribution < 1.29 is 19.1 Å². The number of aromatic nitrogens is 1. The number of pyridine rings is 1. The number of hydrogen-bond acceptors (Lipinski definition) is 5. The summed E-state index contributed by atoms with van der Waals surface area (Å²) in [4.78, 5) is 28.0. The van der Waals surface area contributed by atoms with Gasteiger partial charge in [-0.1, -0.05) is 36.9 Å². The van der Waals surface area contributed by atoms with E-state index in [2.05, 4.69) is 4.98 Å². The molecule has 2 saturated heterocycles. The molecule has 0 saturated carbocycles. The van der Waals surface area contributed by atoms with E-state index in [9.17, 15) is 9.59 Å². The van der Waals surface area contributed by atoms with Gasteiger partial charge in [0.1, 0.15) is 11.4 Å². The van der Waals surface area contributed by atoms with Crippen LogP contribution < -0.4 is 0 Å². The van der Waals surface area contributed by atoms with Gasteiger partial charge < -0.3 is 9.47 Å². The standard InChI is InChI=1S/C22H28ClNO4/c23-19(16-17-8-5-6-14-24-17)22-13-15-27-21(26)12-7-10-18(25)9-3-1-2-4-11-20(22)28-22/h5-6,8,14,16,20H,1-4,7,9-13,15H2. The minimum absolute atomic E-state index is 0.0354. The number of Topliss-reactive ketones (excluding diaryl/α,β-unsaturated/α-hetero) is 1. The molecule has 3 heterocycles. The van der Waals surface area contributed by atoms with E-state index in [0.29, 0.717) is 30.7 Å². The Kier molecular flexibility index (Phi) is 7.63. The number of hydrogen-bond donors (Lipinski definition) is 0. The van der Waals surface area contributed by atoms with E-state index in [1.54, 1.807) is 6.20 Å². The SMILES string of the molecule is O=C1CCCCCCC2OC2(C(Cl)=Cc2ccccn2)CCOC(=O)CCC1. The Balaban J connectivity index is 1.65. The summed E-state index contributed by atoms with van der Waals surface area (Å²) < 4.78 is 11.4. The fourth-order valence-electron chi connectivity index (χ4n) is 3.72. The first-order valence-electron chi connectivity index (χ1n) is 10.2. The topological polar surface area (TPSA) is 68.8 Å². The van der Waals surface area contributed by atoms with Gasteiger partial charge in [0, 0.05) is 31.9 Å². The number of epoxide rings is 1. The first-order chi connectivity index (χ1) is 13.6. The lowest BCUT2D eigenvalue weighted by Gasteiger charge is -2.13. The van der Waals surface area contributed by atoms with Crippen molar-refractivity contribution in [2.24, 2.45) is 0 Å². The quantitative estimate of drug-likeness (QED) is 0.520. The fourth-order valence-corrected chi connectivity index (χ4v) is 4.10. The van der Waals surface area contributed by atoms with Crippen molar-refractivity contribution in [2.45, 2.75) is 75.9 Å². The van der Waals surface area contributed by atoms with Crippen LogP contribution in [0.3, 0.4) is 0 Å². The zero-order valence-electron chi connectivity index (χ0n) is 16.2. The number of carbonyl (C=O) groups is 2. The second-order valence-corrected chi connectivity index (χ2v) is 7.97. The molecule has 0 N–H and O–H groups in total. The summed E-state index contributed by atoms with van der Waals surface area (Å²) in [6, 6.07) is 5.67. The van der Waals surface area contributed by atoms with Crippen LogP contribution in [-0.4, -0.2) is 35.0 Å². The summed E-state index contributed by atoms with van der Waals surface area (Å²) in [5.74, 6) is -0.0204. The Hall–Kier alpha value is -1.72. The summed E-state index contributed by atoms with van der Waals surface area (Å²) in [5.41, 5.74) is 0.205. The van der Waals surface area contributed by atoms with Gasteiger partial charge >= 0.3 is 5.97 Å². The number of halogens is 1. The lowest BCUT2D eigenvalue weighted by Crippen LogP contribution is -2.20. The van der Waals surface area contributed by atoms with Crippen molar-refractivity contribution in [3.05, 3.63) is 35.1 Å². The average Bonchev–Trinajstić information content (AvgIpc) is 3.39. The van der Waals surface area contributed by atoms with Crippen molar-refractivity contribution >= 4 is 29.4 Å². The van der Waals surface area contributed by atoms with Crippen molar-refractivity contribution in [2.75, 3.05) is 6.61 Å². The van der Waals surface area contributed by atoms with E-state index in [-0.39, 0.29) is 30.9 Å². The van der Waals surface area contributed by atoms with E-state index in [1.807, 2.05) is 24.3 Å². The lowest BCUT2D eigenvalue weighted by molar-refractivity contribution is -0.144. The molecule has 3 rings (SSSR count). The summed E-state index contributed by atoms with van der Waals surface area (Å²) in [6.07, 6.45) is 11.0. The van der Waals surface area contributed by atoms with Crippen LogP contribution in [0.4, 0.5) is 0 Å². The van der Waals surface area contributed by atoms with Crippen LogP contribution in [0.25, 0.3) is 6.08 Å². The summed E-state index contributed by atoms with van der Waals surface area (Å²) >= 11 is 6.65.